The second-order valence-electron chi connectivity index (χ2n) is 10.2. The molecule has 0 aliphatic rings. The van der Waals surface area contributed by atoms with E-state index in [9.17, 15) is 14.7 Å². The largest absolute Gasteiger partial charge is 0.507 e. The van der Waals surface area contributed by atoms with Crippen LogP contribution in [0.5, 0.6) is 5.75 Å². The van der Waals surface area contributed by atoms with Gasteiger partial charge in [-0.05, 0) is 53.1 Å². The number of phenols is 1. The van der Waals surface area contributed by atoms with Gasteiger partial charge in [0.15, 0.2) is 6.29 Å². The number of ketones is 1. The normalized spacial score (nSPS) is 13.1. The number of carbonyl (C=O) groups is 2. The summed E-state index contributed by atoms with van der Waals surface area (Å²) in [5.41, 5.74) is 2.13. The van der Waals surface area contributed by atoms with Crippen LogP contribution in [-0.2, 0) is 11.2 Å². The van der Waals surface area contributed by atoms with Crippen molar-refractivity contribution in [1.29, 1.82) is 0 Å². The van der Waals surface area contributed by atoms with Crippen molar-refractivity contribution in [1.82, 2.24) is 0 Å². The lowest BCUT2D eigenvalue weighted by Gasteiger charge is -2.22. The highest BCUT2D eigenvalue weighted by Gasteiger charge is 2.22. The molecular formula is C32H43NO3. The van der Waals surface area contributed by atoms with Gasteiger partial charge in [-0.1, -0.05) is 96.9 Å². The second kappa shape index (κ2) is 13.4. The van der Waals surface area contributed by atoms with Gasteiger partial charge in [0.25, 0.3) is 0 Å². The van der Waals surface area contributed by atoms with E-state index in [-0.39, 0.29) is 5.75 Å². The summed E-state index contributed by atoms with van der Waals surface area (Å²) in [5, 5.41) is 18.0. The summed E-state index contributed by atoms with van der Waals surface area (Å²) in [7, 11) is 0. The number of phenolic OH excluding ortho intramolecular Hbond substituents is 1. The van der Waals surface area contributed by atoms with Crippen LogP contribution in [0, 0.1) is 11.8 Å². The number of nitrogens with one attached hydrogen (secondary N) is 1. The van der Waals surface area contributed by atoms with E-state index in [4.69, 9.17) is 0 Å². The van der Waals surface area contributed by atoms with Gasteiger partial charge in [-0.15, -0.1) is 0 Å². The summed E-state index contributed by atoms with van der Waals surface area (Å²) in [6, 6.07) is 11.6. The molecule has 3 rings (SSSR count). The van der Waals surface area contributed by atoms with Gasteiger partial charge in [0.05, 0.1) is 0 Å². The number of fused-ring (bicyclic) bond motifs is 2. The molecule has 0 amide bonds. The Labute approximate surface area is 216 Å². The van der Waals surface area contributed by atoms with Crippen LogP contribution in [-0.4, -0.2) is 23.7 Å². The number of benzene rings is 3. The molecule has 0 aliphatic carbocycles. The molecular weight excluding hydrogens is 446 g/mol. The van der Waals surface area contributed by atoms with Crippen LogP contribution in [0.3, 0.4) is 0 Å². The number of rotatable bonds is 15. The maximum atomic E-state index is 13.0. The summed E-state index contributed by atoms with van der Waals surface area (Å²) in [6.07, 6.45) is 10.3. The predicted molar refractivity (Wildman–Crippen MR) is 152 cm³/mol. The van der Waals surface area contributed by atoms with E-state index in [1.165, 1.54) is 19.3 Å². The molecule has 36 heavy (non-hydrogen) atoms. The van der Waals surface area contributed by atoms with E-state index >= 15 is 0 Å². The van der Waals surface area contributed by atoms with Crippen molar-refractivity contribution in [3.63, 3.8) is 0 Å². The van der Waals surface area contributed by atoms with Crippen molar-refractivity contribution in [2.75, 3.05) is 11.9 Å². The Balaban J connectivity index is 2.22. The molecule has 0 fully saturated rings. The number of Topliss-reactive ketones (excluding diaryl/α,β-unsaturated/α-hetero) is 1. The third kappa shape index (κ3) is 6.27. The van der Waals surface area contributed by atoms with E-state index in [0.29, 0.717) is 34.5 Å². The van der Waals surface area contributed by atoms with Gasteiger partial charge < -0.3 is 10.4 Å². The third-order valence-corrected chi connectivity index (χ3v) is 7.73. The van der Waals surface area contributed by atoms with Crippen molar-refractivity contribution in [2.24, 2.45) is 11.8 Å². The molecule has 0 saturated carbocycles. The molecule has 4 heteroatoms. The zero-order valence-electron chi connectivity index (χ0n) is 22.5. The average molecular weight is 490 g/mol. The Bertz CT molecular complexity index is 1180. The minimum Gasteiger partial charge on any atom is -0.507 e. The number of unbranched alkanes of at least 4 members (excludes halogenated alkanes) is 2. The smallest absolute Gasteiger partial charge is 0.226 e. The average Bonchev–Trinajstić information content (AvgIpc) is 2.91. The highest BCUT2D eigenvalue weighted by atomic mass is 16.3. The number of anilines is 1. The molecule has 2 atom stereocenters. The van der Waals surface area contributed by atoms with Gasteiger partial charge in [0, 0.05) is 28.6 Å². The van der Waals surface area contributed by atoms with Gasteiger partial charge in [-0.25, -0.2) is 0 Å². The molecule has 0 heterocycles. The summed E-state index contributed by atoms with van der Waals surface area (Å²) in [4.78, 5) is 24.7. The number of aldehydes is 1. The van der Waals surface area contributed by atoms with E-state index in [1.54, 1.807) is 0 Å². The van der Waals surface area contributed by atoms with Crippen molar-refractivity contribution < 1.29 is 14.7 Å². The van der Waals surface area contributed by atoms with Gasteiger partial charge in [-0.3, -0.25) is 9.59 Å². The topological polar surface area (TPSA) is 66.4 Å². The van der Waals surface area contributed by atoms with Crippen molar-refractivity contribution in [3.8, 4) is 5.75 Å². The number of hydrogen-bond acceptors (Lipinski definition) is 4. The molecule has 0 saturated heterocycles. The lowest BCUT2D eigenvalue weighted by molar-refractivity contribution is -0.104. The molecule has 3 aromatic rings. The van der Waals surface area contributed by atoms with Gasteiger partial charge in [-0.2, -0.15) is 0 Å². The van der Waals surface area contributed by atoms with Crippen LogP contribution in [0.2, 0.25) is 0 Å². The Morgan fingerprint density at radius 1 is 0.944 bits per heavy atom. The van der Waals surface area contributed by atoms with Crippen LogP contribution in [0.4, 0.5) is 5.69 Å². The van der Waals surface area contributed by atoms with Gasteiger partial charge >= 0.3 is 0 Å². The molecule has 0 radical (unpaired) electrons. The molecule has 2 N–H and O–H groups in total. The first-order valence-corrected chi connectivity index (χ1v) is 13.9. The standard InChI is InChI=1S/C32H43NO3/c1-5-9-13-22(7-3)17-25-19-28(33-20-23(8-4)14-10-6-2)30-27(32(25)36)18-24-15-11-12-16-26(24)31(30)29(35)21-34/h11-12,15-16,18-19,21-23,33,36H,5-10,13-14,17,20H2,1-4H3. The lowest BCUT2D eigenvalue weighted by atomic mass is 9.87. The second-order valence-corrected chi connectivity index (χ2v) is 10.2. The fourth-order valence-corrected chi connectivity index (χ4v) is 5.36. The minimum absolute atomic E-state index is 0.231. The molecule has 0 aliphatic heterocycles. The zero-order valence-corrected chi connectivity index (χ0v) is 22.5. The van der Waals surface area contributed by atoms with Crippen molar-refractivity contribution in [3.05, 3.63) is 47.5 Å². The molecule has 0 spiro atoms. The maximum absolute atomic E-state index is 13.0. The van der Waals surface area contributed by atoms with Crippen LogP contribution >= 0.6 is 0 Å². The van der Waals surface area contributed by atoms with E-state index in [2.05, 4.69) is 33.0 Å². The molecule has 0 aromatic heterocycles. The fraction of sp³-hybridized carbons (Fsp3) is 0.500. The summed E-state index contributed by atoms with van der Waals surface area (Å²) < 4.78 is 0. The van der Waals surface area contributed by atoms with Crippen LogP contribution in [0.15, 0.2) is 36.4 Å². The van der Waals surface area contributed by atoms with Gasteiger partial charge in [0.1, 0.15) is 5.75 Å². The Morgan fingerprint density at radius 2 is 1.61 bits per heavy atom. The zero-order chi connectivity index (χ0) is 26.1. The number of hydrogen-bond donors (Lipinski definition) is 2. The van der Waals surface area contributed by atoms with Crippen LogP contribution in [0.25, 0.3) is 21.5 Å². The molecule has 2 unspecified atom stereocenters. The highest BCUT2D eigenvalue weighted by molar-refractivity contribution is 6.41. The van der Waals surface area contributed by atoms with Crippen LogP contribution < -0.4 is 5.32 Å². The SMILES string of the molecule is CCCCC(CC)CNc1cc(CC(CC)CCCC)c(O)c2cc3ccccc3c(C(=O)C=O)c12. The monoisotopic (exact) mass is 489 g/mol. The predicted octanol–water partition coefficient (Wildman–Crippen LogP) is 8.47. The molecule has 194 valence electrons. The molecule has 0 bridgehead atoms. The Kier molecular flexibility index (Phi) is 10.3. The quantitative estimate of drug-likeness (QED) is 0.0738. The molecule has 4 nitrogen and oxygen atoms in total. The first-order chi connectivity index (χ1) is 17.5. The summed E-state index contributed by atoms with van der Waals surface area (Å²) in [6.45, 7) is 9.65. The number of carbonyl (C=O) groups excluding carboxylic acids is 2. The van der Waals surface area contributed by atoms with Crippen molar-refractivity contribution >= 4 is 39.3 Å². The summed E-state index contributed by atoms with van der Waals surface area (Å²) >= 11 is 0. The lowest BCUT2D eigenvalue weighted by Crippen LogP contribution is -2.15. The minimum atomic E-state index is -0.556. The van der Waals surface area contributed by atoms with Crippen LogP contribution in [0.1, 0.15) is 95.0 Å². The molecule has 3 aromatic carbocycles. The van der Waals surface area contributed by atoms with E-state index in [0.717, 1.165) is 67.1 Å². The van der Waals surface area contributed by atoms with E-state index in [1.807, 2.05) is 36.4 Å². The maximum Gasteiger partial charge on any atom is 0.226 e. The summed E-state index contributed by atoms with van der Waals surface area (Å²) in [5.74, 6) is 0.690. The first-order valence-electron chi connectivity index (χ1n) is 13.9. The fourth-order valence-electron chi connectivity index (χ4n) is 5.36. The number of aromatic hydroxyl groups is 1. The first kappa shape index (κ1) is 27.7. The van der Waals surface area contributed by atoms with E-state index < -0.39 is 5.78 Å². The van der Waals surface area contributed by atoms with Gasteiger partial charge in [0.2, 0.25) is 5.78 Å². The third-order valence-electron chi connectivity index (χ3n) is 7.73. The Hall–Kier alpha value is -2.88. The Morgan fingerprint density at radius 3 is 2.25 bits per heavy atom. The highest BCUT2D eigenvalue weighted by Crippen LogP contribution is 2.42. The van der Waals surface area contributed by atoms with Crippen molar-refractivity contribution in [2.45, 2.75) is 85.5 Å².